The van der Waals surface area contributed by atoms with Crippen molar-refractivity contribution in [1.29, 1.82) is 0 Å². The molecule has 18 heavy (non-hydrogen) atoms. The Morgan fingerprint density at radius 1 is 1.33 bits per heavy atom. The highest BCUT2D eigenvalue weighted by molar-refractivity contribution is 5.79. The van der Waals surface area contributed by atoms with E-state index in [0.717, 1.165) is 45.2 Å². The molecule has 0 saturated carbocycles. The largest absolute Gasteiger partial charge is 0.375 e. The molecule has 1 amide bonds. The van der Waals surface area contributed by atoms with Gasteiger partial charge in [0.2, 0.25) is 5.91 Å². The van der Waals surface area contributed by atoms with E-state index in [4.69, 9.17) is 4.74 Å². The molecule has 0 aromatic heterocycles. The molecule has 4 atom stereocenters. The van der Waals surface area contributed by atoms with Gasteiger partial charge in [-0.3, -0.25) is 4.79 Å². The van der Waals surface area contributed by atoms with Crippen molar-refractivity contribution in [1.82, 2.24) is 4.90 Å². The van der Waals surface area contributed by atoms with Crippen LogP contribution in [-0.4, -0.2) is 36.1 Å². The average Bonchev–Trinajstić information content (AvgIpc) is 2.78. The molecule has 2 aliphatic heterocycles. The summed E-state index contributed by atoms with van der Waals surface area (Å²) in [7, 11) is 0. The van der Waals surface area contributed by atoms with E-state index in [-0.39, 0.29) is 5.92 Å². The van der Waals surface area contributed by atoms with Crippen molar-refractivity contribution in [3.63, 3.8) is 0 Å². The van der Waals surface area contributed by atoms with Gasteiger partial charge in [0, 0.05) is 24.9 Å². The Bertz CT molecular complexity index is 352. The summed E-state index contributed by atoms with van der Waals surface area (Å²) in [5.41, 5.74) is 0. The van der Waals surface area contributed by atoms with Gasteiger partial charge in [0.1, 0.15) is 0 Å². The normalized spacial score (nSPS) is 39.7. The third kappa shape index (κ3) is 2.33. The fourth-order valence-electron chi connectivity index (χ4n) is 3.67. The number of nitrogens with zero attached hydrogens (tertiary/aromatic N) is 1. The fraction of sp³-hybridized carbons (Fsp3) is 0.800. The molecule has 0 radical (unpaired) electrons. The van der Waals surface area contributed by atoms with Gasteiger partial charge in [-0.15, -0.1) is 0 Å². The monoisotopic (exact) mass is 249 g/mol. The van der Waals surface area contributed by atoms with Crippen molar-refractivity contribution in [3.05, 3.63) is 12.2 Å². The SMILES string of the molecule is C[C@H]1C[C@H]2CN(C(=O)C3CC=CCC3)CC[C@@H]2O1. The minimum absolute atomic E-state index is 0.242. The van der Waals surface area contributed by atoms with Gasteiger partial charge in [0.05, 0.1) is 12.2 Å². The van der Waals surface area contributed by atoms with Crippen molar-refractivity contribution in [2.24, 2.45) is 11.8 Å². The lowest BCUT2D eigenvalue weighted by Crippen LogP contribution is -2.46. The second-order valence-electron chi connectivity index (χ2n) is 6.04. The zero-order chi connectivity index (χ0) is 12.5. The number of likely N-dealkylation sites (tertiary alicyclic amines) is 1. The van der Waals surface area contributed by atoms with E-state index in [1.807, 2.05) is 0 Å². The first-order valence-electron chi connectivity index (χ1n) is 7.33. The molecule has 3 aliphatic rings. The van der Waals surface area contributed by atoms with Crippen LogP contribution in [0.5, 0.6) is 0 Å². The molecular weight excluding hydrogens is 226 g/mol. The summed E-state index contributed by atoms with van der Waals surface area (Å²) in [6.07, 6.45) is 10.4. The Kier molecular flexibility index (Phi) is 3.42. The Morgan fingerprint density at radius 2 is 2.22 bits per heavy atom. The zero-order valence-electron chi connectivity index (χ0n) is 11.2. The second-order valence-corrected chi connectivity index (χ2v) is 6.04. The summed E-state index contributed by atoms with van der Waals surface area (Å²) >= 11 is 0. The van der Waals surface area contributed by atoms with Crippen LogP contribution in [0.3, 0.4) is 0 Å². The summed E-state index contributed by atoms with van der Waals surface area (Å²) in [6.45, 7) is 3.97. The summed E-state index contributed by atoms with van der Waals surface area (Å²) in [5, 5.41) is 0. The van der Waals surface area contributed by atoms with Gasteiger partial charge in [-0.2, -0.15) is 0 Å². The van der Waals surface area contributed by atoms with Gasteiger partial charge in [0.25, 0.3) is 0 Å². The number of hydrogen-bond donors (Lipinski definition) is 0. The van der Waals surface area contributed by atoms with Crippen LogP contribution in [0, 0.1) is 11.8 Å². The van der Waals surface area contributed by atoms with Crippen LogP contribution in [0.15, 0.2) is 12.2 Å². The van der Waals surface area contributed by atoms with Gasteiger partial charge in [0.15, 0.2) is 0 Å². The number of amides is 1. The van der Waals surface area contributed by atoms with Gasteiger partial charge in [-0.05, 0) is 39.0 Å². The number of ether oxygens (including phenoxy) is 1. The van der Waals surface area contributed by atoms with E-state index in [9.17, 15) is 4.79 Å². The minimum atomic E-state index is 0.242. The van der Waals surface area contributed by atoms with Crippen molar-refractivity contribution in [3.8, 4) is 0 Å². The van der Waals surface area contributed by atoms with E-state index in [1.165, 1.54) is 0 Å². The summed E-state index contributed by atoms with van der Waals surface area (Å²) in [5.74, 6) is 1.21. The van der Waals surface area contributed by atoms with Crippen LogP contribution in [-0.2, 0) is 9.53 Å². The predicted octanol–water partition coefficient (Wildman–Crippen LogP) is 2.37. The molecule has 2 heterocycles. The van der Waals surface area contributed by atoms with E-state index in [2.05, 4.69) is 24.0 Å². The van der Waals surface area contributed by atoms with Crippen LogP contribution in [0.4, 0.5) is 0 Å². The average molecular weight is 249 g/mol. The smallest absolute Gasteiger partial charge is 0.226 e. The molecule has 3 nitrogen and oxygen atoms in total. The van der Waals surface area contributed by atoms with Gasteiger partial charge in [-0.1, -0.05) is 12.2 Å². The minimum Gasteiger partial charge on any atom is -0.375 e. The molecule has 0 spiro atoms. The molecule has 1 unspecified atom stereocenters. The van der Waals surface area contributed by atoms with Crippen molar-refractivity contribution in [2.45, 2.75) is 51.2 Å². The van der Waals surface area contributed by atoms with Crippen LogP contribution in [0.2, 0.25) is 0 Å². The Hall–Kier alpha value is -0.830. The third-order valence-electron chi connectivity index (χ3n) is 4.64. The zero-order valence-corrected chi connectivity index (χ0v) is 11.2. The lowest BCUT2D eigenvalue weighted by atomic mass is 9.89. The Labute approximate surface area is 109 Å². The molecule has 0 aromatic rings. The van der Waals surface area contributed by atoms with E-state index in [0.29, 0.717) is 24.0 Å². The molecule has 2 fully saturated rings. The Morgan fingerprint density at radius 3 is 3.00 bits per heavy atom. The molecule has 3 rings (SSSR count). The third-order valence-corrected chi connectivity index (χ3v) is 4.64. The number of rotatable bonds is 1. The second kappa shape index (κ2) is 5.04. The molecule has 100 valence electrons. The summed E-state index contributed by atoms with van der Waals surface area (Å²) in [6, 6.07) is 0. The molecule has 0 bridgehead atoms. The maximum absolute atomic E-state index is 12.5. The topological polar surface area (TPSA) is 29.5 Å². The quantitative estimate of drug-likeness (QED) is 0.668. The number of carbonyl (C=O) groups excluding carboxylic acids is 1. The number of allylic oxidation sites excluding steroid dienone is 2. The summed E-state index contributed by atoms with van der Waals surface area (Å²) in [4.78, 5) is 14.6. The molecule has 0 N–H and O–H groups in total. The maximum Gasteiger partial charge on any atom is 0.226 e. The molecule has 1 aliphatic carbocycles. The van der Waals surface area contributed by atoms with Crippen LogP contribution >= 0.6 is 0 Å². The highest BCUT2D eigenvalue weighted by Crippen LogP contribution is 2.33. The van der Waals surface area contributed by atoms with E-state index < -0.39 is 0 Å². The first-order valence-corrected chi connectivity index (χ1v) is 7.33. The van der Waals surface area contributed by atoms with Crippen LogP contribution in [0.25, 0.3) is 0 Å². The number of piperidine rings is 1. The fourth-order valence-corrected chi connectivity index (χ4v) is 3.67. The molecule has 2 saturated heterocycles. The standard InChI is InChI=1S/C15H23NO2/c1-11-9-13-10-16(8-7-14(13)18-11)15(17)12-5-3-2-4-6-12/h2-3,11-14H,4-10H2,1H3/t11-,12?,13-,14-/m0/s1. The van der Waals surface area contributed by atoms with Crippen molar-refractivity contribution in [2.75, 3.05) is 13.1 Å². The Balaban J connectivity index is 1.60. The molecule has 0 aromatic carbocycles. The van der Waals surface area contributed by atoms with Crippen LogP contribution < -0.4 is 0 Å². The van der Waals surface area contributed by atoms with Crippen molar-refractivity contribution >= 4 is 5.91 Å². The highest BCUT2D eigenvalue weighted by Gasteiger charge is 2.39. The predicted molar refractivity (Wildman–Crippen MR) is 70.1 cm³/mol. The van der Waals surface area contributed by atoms with Gasteiger partial charge >= 0.3 is 0 Å². The number of hydrogen-bond acceptors (Lipinski definition) is 2. The lowest BCUT2D eigenvalue weighted by Gasteiger charge is -2.36. The van der Waals surface area contributed by atoms with E-state index in [1.54, 1.807) is 0 Å². The van der Waals surface area contributed by atoms with Crippen LogP contribution in [0.1, 0.15) is 39.0 Å². The van der Waals surface area contributed by atoms with Gasteiger partial charge in [-0.25, -0.2) is 0 Å². The van der Waals surface area contributed by atoms with E-state index >= 15 is 0 Å². The summed E-state index contributed by atoms with van der Waals surface area (Å²) < 4.78 is 5.89. The maximum atomic E-state index is 12.5. The number of carbonyl (C=O) groups is 1. The molecule has 3 heteroatoms. The first-order chi connectivity index (χ1) is 8.74. The first kappa shape index (κ1) is 12.2. The van der Waals surface area contributed by atoms with Crippen molar-refractivity contribution < 1.29 is 9.53 Å². The number of fused-ring (bicyclic) bond motifs is 1. The lowest BCUT2D eigenvalue weighted by molar-refractivity contribution is -0.139. The van der Waals surface area contributed by atoms with Gasteiger partial charge < -0.3 is 9.64 Å². The highest BCUT2D eigenvalue weighted by atomic mass is 16.5. The molecular formula is C15H23NO2.